The molecule has 0 saturated carbocycles. The Balaban J connectivity index is 1.83. The van der Waals surface area contributed by atoms with Crippen molar-refractivity contribution in [2.45, 2.75) is 25.4 Å². The Morgan fingerprint density at radius 3 is 2.35 bits per heavy atom. The van der Waals surface area contributed by atoms with Gasteiger partial charge in [-0.15, -0.1) is 0 Å². The topological polar surface area (TPSA) is 80.1 Å². The molecule has 0 radical (unpaired) electrons. The molecule has 3 atom stereocenters. The molecular formula is C24H21F5N4O. The third kappa shape index (κ3) is 6.21. The fourth-order valence-electron chi connectivity index (χ4n) is 3.18. The van der Waals surface area contributed by atoms with Crippen LogP contribution in [0, 0.1) is 28.9 Å². The second-order valence-electron chi connectivity index (χ2n) is 7.61. The van der Waals surface area contributed by atoms with E-state index < -0.39 is 36.0 Å². The van der Waals surface area contributed by atoms with Crippen molar-refractivity contribution in [1.82, 2.24) is 5.43 Å². The van der Waals surface area contributed by atoms with Crippen molar-refractivity contribution in [3.63, 3.8) is 0 Å². The van der Waals surface area contributed by atoms with E-state index in [-0.39, 0.29) is 16.8 Å². The molecule has 34 heavy (non-hydrogen) atoms. The first-order chi connectivity index (χ1) is 16.1. The molecular weight excluding hydrogens is 455 g/mol. The van der Waals surface area contributed by atoms with Crippen LogP contribution in [0.2, 0.25) is 0 Å². The number of hydrogen-bond donors (Lipinski definition) is 4. The summed E-state index contributed by atoms with van der Waals surface area (Å²) in [6.45, 7) is 0.985. The van der Waals surface area contributed by atoms with Crippen LogP contribution >= 0.6 is 0 Å². The lowest BCUT2D eigenvalue weighted by Gasteiger charge is -2.29. The van der Waals surface area contributed by atoms with Gasteiger partial charge in [-0.3, -0.25) is 0 Å². The van der Waals surface area contributed by atoms with E-state index in [0.717, 1.165) is 25.1 Å². The lowest BCUT2D eigenvalue weighted by Crippen LogP contribution is -2.49. The van der Waals surface area contributed by atoms with Crippen molar-refractivity contribution in [2.75, 3.05) is 10.7 Å². The molecule has 2 unspecified atom stereocenters. The summed E-state index contributed by atoms with van der Waals surface area (Å²) in [6, 6.07) is 16.5. The van der Waals surface area contributed by atoms with Gasteiger partial charge in [0.15, 0.2) is 0 Å². The van der Waals surface area contributed by atoms with Gasteiger partial charge in [-0.05, 0) is 54.1 Å². The number of alkyl halides is 3. The molecule has 3 aromatic carbocycles. The molecule has 0 aromatic heterocycles. The quantitative estimate of drug-likeness (QED) is 0.197. The van der Waals surface area contributed by atoms with E-state index in [1.54, 1.807) is 18.2 Å². The average Bonchev–Trinajstić information content (AvgIpc) is 2.82. The summed E-state index contributed by atoms with van der Waals surface area (Å²) in [5.41, 5.74) is 6.01. The largest absolute Gasteiger partial charge is 0.394 e. The van der Waals surface area contributed by atoms with Crippen LogP contribution in [-0.2, 0) is 0 Å². The fraction of sp³-hybridized carbons (Fsp3) is 0.208. The van der Waals surface area contributed by atoms with Crippen LogP contribution in [0.3, 0.4) is 0 Å². The van der Waals surface area contributed by atoms with Crippen LogP contribution in [0.1, 0.15) is 29.7 Å². The molecule has 3 rings (SSSR count). The molecule has 3 aromatic rings. The van der Waals surface area contributed by atoms with E-state index in [2.05, 4.69) is 16.2 Å². The number of nitrogens with one attached hydrogen (secondary N) is 3. The van der Waals surface area contributed by atoms with E-state index in [9.17, 15) is 27.1 Å². The molecule has 10 heteroatoms. The van der Waals surface area contributed by atoms with Gasteiger partial charge in [-0.1, -0.05) is 25.1 Å². The highest BCUT2D eigenvalue weighted by Crippen LogP contribution is 2.31. The zero-order chi connectivity index (χ0) is 24.9. The summed E-state index contributed by atoms with van der Waals surface area (Å²) in [5.74, 6) is -3.42. The smallest absolute Gasteiger partial charge is 0.384 e. The van der Waals surface area contributed by atoms with Crippen molar-refractivity contribution in [3.8, 4) is 6.07 Å². The number of hydrogen-bond acceptors (Lipinski definition) is 5. The lowest BCUT2D eigenvalue weighted by atomic mass is 10.00. The van der Waals surface area contributed by atoms with Crippen molar-refractivity contribution in [1.29, 1.82) is 5.26 Å². The fourth-order valence-corrected chi connectivity index (χ4v) is 3.18. The maximum atomic E-state index is 14.1. The summed E-state index contributed by atoms with van der Waals surface area (Å²) in [5, 5.41) is 22.2. The van der Waals surface area contributed by atoms with Gasteiger partial charge < -0.3 is 15.8 Å². The van der Waals surface area contributed by atoms with Gasteiger partial charge in [0, 0.05) is 11.3 Å². The Labute approximate surface area is 192 Å². The Kier molecular flexibility index (Phi) is 7.71. The SMILES string of the molecule is CC([C@@H](NNc1cccc(C#N)c1)Nc1cccc(C(O)c2cc(F)ccc2F)c1)C(F)(F)F. The van der Waals surface area contributed by atoms with E-state index in [1.165, 1.54) is 30.3 Å². The van der Waals surface area contributed by atoms with Gasteiger partial charge in [-0.25, -0.2) is 14.2 Å². The van der Waals surface area contributed by atoms with Gasteiger partial charge in [-0.2, -0.15) is 18.4 Å². The van der Waals surface area contributed by atoms with Gasteiger partial charge in [0.1, 0.15) is 23.9 Å². The van der Waals surface area contributed by atoms with Gasteiger partial charge in [0.25, 0.3) is 0 Å². The standard InChI is InChI=1S/C24H21F5N4O/c1-14(24(27,28)29)23(33-32-19-7-2-4-15(10-19)13-30)31-18-6-3-5-16(11-18)22(34)20-12-17(25)8-9-21(20)26/h2-12,14,22-23,31-34H,1H3/t14?,22?,23-/m1/s1. The maximum Gasteiger partial charge on any atom is 0.394 e. The van der Waals surface area contributed by atoms with Crippen molar-refractivity contribution in [2.24, 2.45) is 5.92 Å². The third-order valence-corrected chi connectivity index (χ3v) is 5.16. The molecule has 0 fully saturated rings. The van der Waals surface area contributed by atoms with E-state index >= 15 is 0 Å². The minimum Gasteiger partial charge on any atom is -0.384 e. The summed E-state index contributed by atoms with van der Waals surface area (Å²) in [7, 11) is 0. The Hall–Kier alpha value is -3.68. The number of nitrogens with zero attached hydrogens (tertiary/aromatic N) is 1. The van der Waals surface area contributed by atoms with E-state index in [1.807, 2.05) is 6.07 Å². The van der Waals surface area contributed by atoms with E-state index in [4.69, 9.17) is 5.26 Å². The molecule has 0 aliphatic rings. The minimum atomic E-state index is -4.55. The normalized spacial score (nSPS) is 14.1. The summed E-state index contributed by atoms with van der Waals surface area (Å²) >= 11 is 0. The highest BCUT2D eigenvalue weighted by atomic mass is 19.4. The first kappa shape index (κ1) is 25.0. The van der Waals surface area contributed by atoms with Crippen LogP contribution in [0.5, 0.6) is 0 Å². The number of aliphatic hydroxyl groups is 1. The first-order valence-electron chi connectivity index (χ1n) is 10.2. The summed E-state index contributed by atoms with van der Waals surface area (Å²) in [4.78, 5) is 0. The highest BCUT2D eigenvalue weighted by Gasteiger charge is 2.41. The lowest BCUT2D eigenvalue weighted by molar-refractivity contribution is -0.174. The predicted octanol–water partition coefficient (Wildman–Crippen LogP) is 5.47. The number of nitriles is 1. The Morgan fingerprint density at radius 1 is 0.941 bits per heavy atom. The predicted molar refractivity (Wildman–Crippen MR) is 117 cm³/mol. The number of rotatable bonds is 8. The molecule has 0 heterocycles. The number of aliphatic hydroxyl groups excluding tert-OH is 1. The first-order valence-corrected chi connectivity index (χ1v) is 10.2. The zero-order valence-electron chi connectivity index (χ0n) is 17.9. The number of benzene rings is 3. The second kappa shape index (κ2) is 10.5. The minimum absolute atomic E-state index is 0.155. The molecule has 0 bridgehead atoms. The molecule has 0 spiro atoms. The van der Waals surface area contributed by atoms with Crippen molar-refractivity contribution in [3.05, 3.63) is 95.1 Å². The summed E-state index contributed by atoms with van der Waals surface area (Å²) in [6.07, 6.45) is -7.46. The van der Waals surface area contributed by atoms with Crippen LogP contribution < -0.4 is 16.2 Å². The van der Waals surface area contributed by atoms with Crippen LogP contribution in [0.15, 0.2) is 66.7 Å². The highest BCUT2D eigenvalue weighted by molar-refractivity contribution is 5.50. The molecule has 178 valence electrons. The molecule has 4 N–H and O–H groups in total. The Morgan fingerprint density at radius 2 is 1.65 bits per heavy atom. The molecule has 0 saturated heterocycles. The van der Waals surface area contributed by atoms with Crippen LogP contribution in [0.25, 0.3) is 0 Å². The Bertz CT molecular complexity index is 1180. The molecule has 0 aliphatic heterocycles. The van der Waals surface area contributed by atoms with Gasteiger partial charge in [0.2, 0.25) is 0 Å². The summed E-state index contributed by atoms with van der Waals surface area (Å²) < 4.78 is 68.0. The third-order valence-electron chi connectivity index (χ3n) is 5.16. The van der Waals surface area contributed by atoms with E-state index in [0.29, 0.717) is 11.3 Å². The monoisotopic (exact) mass is 476 g/mol. The molecule has 0 amide bonds. The average molecular weight is 476 g/mol. The zero-order valence-corrected chi connectivity index (χ0v) is 17.9. The van der Waals surface area contributed by atoms with Crippen molar-refractivity contribution >= 4 is 11.4 Å². The van der Waals surface area contributed by atoms with Gasteiger partial charge >= 0.3 is 6.18 Å². The molecule has 5 nitrogen and oxygen atoms in total. The number of hydrazine groups is 1. The van der Waals surface area contributed by atoms with Gasteiger partial charge in [0.05, 0.1) is 23.2 Å². The number of anilines is 2. The second-order valence-corrected chi connectivity index (χ2v) is 7.61. The number of halogens is 5. The van der Waals surface area contributed by atoms with Crippen molar-refractivity contribution < 1.29 is 27.1 Å². The maximum absolute atomic E-state index is 14.1. The van der Waals surface area contributed by atoms with Crippen LogP contribution in [0.4, 0.5) is 33.3 Å². The van der Waals surface area contributed by atoms with Crippen LogP contribution in [-0.4, -0.2) is 17.4 Å². The molecule has 0 aliphatic carbocycles.